The number of benzene rings is 2. The van der Waals surface area contributed by atoms with Crippen molar-refractivity contribution in [1.29, 1.82) is 5.26 Å². The highest BCUT2D eigenvalue weighted by molar-refractivity contribution is 5.98. The summed E-state index contributed by atoms with van der Waals surface area (Å²) >= 11 is 0. The minimum absolute atomic E-state index is 0.0956. The first kappa shape index (κ1) is 20.3. The minimum Gasteiger partial charge on any atom is -0.380 e. The monoisotopic (exact) mass is 417 g/mol. The normalized spacial score (nSPS) is 17.4. The molecule has 7 heteroatoms. The molecule has 1 aliphatic carbocycles. The highest BCUT2D eigenvalue weighted by Gasteiger charge is 2.34. The third kappa shape index (κ3) is 3.78. The Labute approximate surface area is 176 Å². The van der Waals surface area contributed by atoms with Gasteiger partial charge in [0.15, 0.2) is 0 Å². The molecule has 1 fully saturated rings. The Kier molecular flexibility index (Phi) is 5.27. The lowest BCUT2D eigenvalue weighted by molar-refractivity contribution is -0.119. The number of nitrogens with one attached hydrogen (secondary N) is 1. The predicted octanol–water partition coefficient (Wildman–Crippen LogP) is 3.59. The molecule has 0 unspecified atom stereocenters. The van der Waals surface area contributed by atoms with Crippen LogP contribution in [-0.2, 0) is 11.3 Å². The number of aromatic nitrogens is 1. The fourth-order valence-corrected chi connectivity index (χ4v) is 3.88. The fourth-order valence-electron chi connectivity index (χ4n) is 3.88. The van der Waals surface area contributed by atoms with Gasteiger partial charge in [-0.05, 0) is 54.7 Å². The lowest BCUT2D eigenvalue weighted by Gasteiger charge is -2.35. The van der Waals surface area contributed by atoms with Gasteiger partial charge < -0.3 is 9.88 Å². The van der Waals surface area contributed by atoms with E-state index in [0.29, 0.717) is 29.3 Å². The summed E-state index contributed by atoms with van der Waals surface area (Å²) in [4.78, 5) is 24.8. The molecule has 0 atom stereocenters. The smallest absolute Gasteiger partial charge is 0.271 e. The molecule has 1 N–H and O–H groups in total. The first-order valence-electron chi connectivity index (χ1n) is 9.69. The zero-order valence-electron chi connectivity index (χ0n) is 16.4. The van der Waals surface area contributed by atoms with Gasteiger partial charge in [0.1, 0.15) is 23.3 Å². The third-order valence-electron chi connectivity index (χ3n) is 5.59. The Balaban J connectivity index is 1.79. The molecule has 154 valence electrons. The number of carbonyl (C=O) groups excluding carboxylic acids is 1. The van der Waals surface area contributed by atoms with Gasteiger partial charge in [-0.15, -0.1) is 6.42 Å². The zero-order valence-corrected chi connectivity index (χ0v) is 16.4. The molecule has 0 amide bonds. The van der Waals surface area contributed by atoms with E-state index in [-0.39, 0.29) is 35.5 Å². The first-order valence-corrected chi connectivity index (χ1v) is 9.69. The van der Waals surface area contributed by atoms with Crippen LogP contribution in [0.15, 0.2) is 47.3 Å². The molecule has 1 saturated carbocycles. The van der Waals surface area contributed by atoms with Gasteiger partial charge in [-0.3, -0.25) is 9.59 Å². The van der Waals surface area contributed by atoms with E-state index in [1.807, 2.05) is 6.07 Å². The van der Waals surface area contributed by atoms with Crippen molar-refractivity contribution in [1.82, 2.24) is 4.57 Å². The molecule has 0 saturated heterocycles. The highest BCUT2D eigenvalue weighted by atomic mass is 19.1. The van der Waals surface area contributed by atoms with Gasteiger partial charge in [-0.25, -0.2) is 8.78 Å². The van der Waals surface area contributed by atoms with Gasteiger partial charge in [-0.1, -0.05) is 12.1 Å². The van der Waals surface area contributed by atoms with E-state index in [4.69, 9.17) is 6.42 Å². The molecule has 1 aliphatic rings. The van der Waals surface area contributed by atoms with Crippen LogP contribution >= 0.6 is 0 Å². The Hall–Kier alpha value is -3.97. The van der Waals surface area contributed by atoms with Crippen molar-refractivity contribution >= 4 is 22.4 Å². The molecule has 1 aromatic heterocycles. The van der Waals surface area contributed by atoms with Crippen LogP contribution in [0.5, 0.6) is 0 Å². The zero-order chi connectivity index (χ0) is 22.1. The number of pyridine rings is 1. The summed E-state index contributed by atoms with van der Waals surface area (Å²) in [6, 6.07) is 11.4. The lowest BCUT2D eigenvalue weighted by Crippen LogP contribution is -2.40. The number of fused-ring (bicyclic) bond motifs is 1. The van der Waals surface area contributed by atoms with E-state index >= 15 is 0 Å². The number of nitriles is 1. The van der Waals surface area contributed by atoms with E-state index in [9.17, 15) is 23.6 Å². The molecule has 0 spiro atoms. The van der Waals surface area contributed by atoms with E-state index in [1.54, 1.807) is 12.1 Å². The minimum atomic E-state index is -0.538. The Morgan fingerprint density at radius 2 is 1.84 bits per heavy atom. The topological polar surface area (TPSA) is 74.9 Å². The molecule has 5 nitrogen and oxygen atoms in total. The van der Waals surface area contributed by atoms with Crippen LogP contribution in [-0.4, -0.2) is 16.4 Å². The fraction of sp³-hybridized carbons (Fsp3) is 0.208. The summed E-state index contributed by atoms with van der Waals surface area (Å²) in [6.07, 6.45) is 6.11. The lowest BCUT2D eigenvalue weighted by atomic mass is 9.77. The molecule has 31 heavy (non-hydrogen) atoms. The van der Waals surface area contributed by atoms with Crippen molar-refractivity contribution in [3.05, 3.63) is 75.6 Å². The number of hydrogen-bond donors (Lipinski definition) is 1. The number of terminal acetylenes is 1. The van der Waals surface area contributed by atoms with Gasteiger partial charge in [-0.2, -0.15) is 5.26 Å². The van der Waals surface area contributed by atoms with Gasteiger partial charge in [0.25, 0.3) is 5.56 Å². The quantitative estimate of drug-likeness (QED) is 0.509. The molecular weight excluding hydrogens is 400 g/mol. The second-order valence-corrected chi connectivity index (χ2v) is 7.56. The van der Waals surface area contributed by atoms with Crippen molar-refractivity contribution in [2.24, 2.45) is 5.92 Å². The molecule has 2 aromatic carbocycles. The maximum atomic E-state index is 14.1. The number of hydrogen-bond acceptors (Lipinski definition) is 4. The van der Waals surface area contributed by atoms with Crippen LogP contribution in [0.1, 0.15) is 24.0 Å². The van der Waals surface area contributed by atoms with Crippen LogP contribution in [0.2, 0.25) is 0 Å². The Morgan fingerprint density at radius 1 is 1.16 bits per heavy atom. The van der Waals surface area contributed by atoms with Gasteiger partial charge in [0, 0.05) is 17.3 Å². The van der Waals surface area contributed by atoms with E-state index < -0.39 is 17.2 Å². The molecular formula is C24H17F2N3O2. The molecule has 0 radical (unpaired) electrons. The van der Waals surface area contributed by atoms with Crippen LogP contribution in [0.25, 0.3) is 10.9 Å². The number of ketones is 1. The van der Waals surface area contributed by atoms with Crippen molar-refractivity contribution in [2.45, 2.75) is 25.4 Å². The molecule has 0 bridgehead atoms. The number of carbonyl (C=O) groups is 1. The molecule has 4 rings (SSSR count). The first-order chi connectivity index (χ1) is 14.9. The standard InChI is InChI=1S/C24H17F2N3O2/c1-2-22(30)15-9-18(10-15)28-23-19-11-17(26)7-8-21(19)29(24(31)20(23)12-27)13-14-3-5-16(25)6-4-14/h1,3-8,11,15,18,28H,9-10,13H2. The summed E-state index contributed by atoms with van der Waals surface area (Å²) in [5.74, 6) is 0.666. The van der Waals surface area contributed by atoms with E-state index in [0.717, 1.165) is 0 Å². The predicted molar refractivity (Wildman–Crippen MR) is 112 cm³/mol. The van der Waals surface area contributed by atoms with E-state index in [1.165, 1.54) is 34.9 Å². The summed E-state index contributed by atoms with van der Waals surface area (Å²) in [5.41, 5.74) is 0.658. The van der Waals surface area contributed by atoms with Crippen molar-refractivity contribution in [2.75, 3.05) is 5.32 Å². The summed E-state index contributed by atoms with van der Waals surface area (Å²) < 4.78 is 28.7. The number of halogens is 2. The van der Waals surface area contributed by atoms with Crippen molar-refractivity contribution in [3.8, 4) is 18.4 Å². The summed E-state index contributed by atoms with van der Waals surface area (Å²) in [5, 5.41) is 13.2. The summed E-state index contributed by atoms with van der Waals surface area (Å²) in [6.45, 7) is 0.0956. The third-order valence-corrected chi connectivity index (χ3v) is 5.59. The van der Waals surface area contributed by atoms with Crippen molar-refractivity contribution < 1.29 is 13.6 Å². The second kappa shape index (κ2) is 8.04. The Morgan fingerprint density at radius 3 is 2.48 bits per heavy atom. The van der Waals surface area contributed by atoms with Crippen LogP contribution in [0.4, 0.5) is 14.5 Å². The average molecular weight is 417 g/mol. The van der Waals surface area contributed by atoms with Gasteiger partial charge in [0.05, 0.1) is 17.7 Å². The van der Waals surface area contributed by atoms with Gasteiger partial charge in [0.2, 0.25) is 5.78 Å². The largest absolute Gasteiger partial charge is 0.380 e. The maximum Gasteiger partial charge on any atom is 0.271 e. The van der Waals surface area contributed by atoms with Crippen LogP contribution in [0.3, 0.4) is 0 Å². The number of anilines is 1. The average Bonchev–Trinajstić information content (AvgIpc) is 2.73. The molecule has 3 aromatic rings. The molecule has 1 heterocycles. The van der Waals surface area contributed by atoms with Gasteiger partial charge >= 0.3 is 0 Å². The Bertz CT molecular complexity index is 1320. The van der Waals surface area contributed by atoms with Crippen LogP contribution in [0, 0.1) is 41.2 Å². The number of Topliss-reactive ketones (excluding diaryl/α,β-unsaturated/α-hetero) is 1. The van der Waals surface area contributed by atoms with E-state index in [2.05, 4.69) is 11.2 Å². The second-order valence-electron chi connectivity index (χ2n) is 7.56. The SMILES string of the molecule is C#CC(=O)C1CC(Nc2c(C#N)c(=O)n(Cc3ccc(F)cc3)c3ccc(F)cc23)C1. The number of nitrogens with zero attached hydrogens (tertiary/aromatic N) is 2. The molecule has 0 aliphatic heterocycles. The van der Waals surface area contributed by atoms with Crippen molar-refractivity contribution in [3.63, 3.8) is 0 Å². The highest BCUT2D eigenvalue weighted by Crippen LogP contribution is 2.34. The van der Waals surface area contributed by atoms with Crippen LogP contribution < -0.4 is 10.9 Å². The number of rotatable bonds is 5. The summed E-state index contributed by atoms with van der Waals surface area (Å²) in [7, 11) is 0. The maximum absolute atomic E-state index is 14.1.